The molecule has 1 saturated heterocycles. The Bertz CT molecular complexity index is 750. The van der Waals surface area contributed by atoms with Crippen LogP contribution in [0.4, 0.5) is 0 Å². The lowest BCUT2D eigenvalue weighted by atomic mass is 10.0. The van der Waals surface area contributed by atoms with E-state index in [0.717, 1.165) is 12.1 Å². The molecule has 1 aromatic heterocycles. The largest absolute Gasteiger partial charge is 0.484 e. The Hall–Kier alpha value is -2.12. The lowest BCUT2D eigenvalue weighted by molar-refractivity contribution is -0.140. The molecule has 8 heteroatoms. The van der Waals surface area contributed by atoms with Gasteiger partial charge in [-0.2, -0.15) is 0 Å². The standard InChI is InChI=1S/C16H17ClN4O3/c17-11-2-1-3-13(6-11)23-10-16(22)20-5-4-15-14(8-20)21-12(9-24-15)7-18-19-21/h1-3,6-7,14-15H,4-5,8-10H2/t14-,15-/m0/s1. The number of likely N-dealkylation sites (tertiary alicyclic amines) is 1. The second-order valence-corrected chi connectivity index (χ2v) is 6.40. The van der Waals surface area contributed by atoms with Gasteiger partial charge in [-0.25, -0.2) is 4.68 Å². The summed E-state index contributed by atoms with van der Waals surface area (Å²) in [5.74, 6) is 0.533. The number of benzene rings is 1. The molecule has 3 heterocycles. The van der Waals surface area contributed by atoms with Gasteiger partial charge in [-0.15, -0.1) is 5.10 Å². The molecule has 2 aliphatic heterocycles. The fourth-order valence-corrected chi connectivity index (χ4v) is 3.38. The third-order valence-corrected chi connectivity index (χ3v) is 4.67. The normalized spacial score (nSPS) is 22.6. The first-order valence-corrected chi connectivity index (χ1v) is 8.25. The first-order chi connectivity index (χ1) is 11.7. The van der Waals surface area contributed by atoms with Crippen LogP contribution in [-0.4, -0.2) is 51.6 Å². The van der Waals surface area contributed by atoms with Crippen LogP contribution >= 0.6 is 11.6 Å². The molecule has 2 atom stereocenters. The number of fused-ring (bicyclic) bond motifs is 3. The third kappa shape index (κ3) is 2.97. The summed E-state index contributed by atoms with van der Waals surface area (Å²) in [5, 5.41) is 8.66. The molecule has 2 aromatic rings. The summed E-state index contributed by atoms with van der Waals surface area (Å²) in [6, 6.07) is 7.04. The number of piperidine rings is 1. The van der Waals surface area contributed by atoms with Gasteiger partial charge in [0.2, 0.25) is 0 Å². The Morgan fingerprint density at radius 3 is 3.25 bits per heavy atom. The van der Waals surface area contributed by atoms with Crippen LogP contribution in [0.25, 0.3) is 0 Å². The highest BCUT2D eigenvalue weighted by molar-refractivity contribution is 6.30. The van der Waals surface area contributed by atoms with Gasteiger partial charge in [0.15, 0.2) is 6.61 Å². The molecule has 0 radical (unpaired) electrons. The van der Waals surface area contributed by atoms with E-state index in [2.05, 4.69) is 10.3 Å². The van der Waals surface area contributed by atoms with Crippen molar-refractivity contribution in [3.8, 4) is 5.75 Å². The Morgan fingerprint density at radius 2 is 2.38 bits per heavy atom. The molecule has 4 rings (SSSR count). The lowest BCUT2D eigenvalue weighted by Gasteiger charge is -2.40. The van der Waals surface area contributed by atoms with Crippen molar-refractivity contribution in [2.24, 2.45) is 0 Å². The van der Waals surface area contributed by atoms with Gasteiger partial charge < -0.3 is 14.4 Å². The minimum absolute atomic E-state index is 0.0111. The Morgan fingerprint density at radius 1 is 1.46 bits per heavy atom. The van der Waals surface area contributed by atoms with E-state index in [1.54, 1.807) is 35.4 Å². The molecule has 126 valence electrons. The first kappa shape index (κ1) is 15.4. The summed E-state index contributed by atoms with van der Waals surface area (Å²) >= 11 is 5.92. The van der Waals surface area contributed by atoms with Gasteiger partial charge in [-0.1, -0.05) is 22.9 Å². The van der Waals surface area contributed by atoms with Crippen LogP contribution in [0, 0.1) is 0 Å². The lowest BCUT2D eigenvalue weighted by Crippen LogP contribution is -2.50. The quantitative estimate of drug-likeness (QED) is 0.844. The molecule has 0 saturated carbocycles. The van der Waals surface area contributed by atoms with E-state index in [-0.39, 0.29) is 24.7 Å². The highest BCUT2D eigenvalue weighted by Gasteiger charge is 2.37. The van der Waals surface area contributed by atoms with Crippen molar-refractivity contribution in [1.82, 2.24) is 19.9 Å². The van der Waals surface area contributed by atoms with Crippen molar-refractivity contribution in [2.45, 2.75) is 25.2 Å². The molecular formula is C16H17ClN4O3. The second-order valence-electron chi connectivity index (χ2n) is 5.96. The van der Waals surface area contributed by atoms with Crippen molar-refractivity contribution in [1.29, 1.82) is 0 Å². The van der Waals surface area contributed by atoms with Gasteiger partial charge in [0.1, 0.15) is 5.75 Å². The fourth-order valence-electron chi connectivity index (χ4n) is 3.20. The summed E-state index contributed by atoms with van der Waals surface area (Å²) in [4.78, 5) is 14.3. The highest BCUT2D eigenvalue weighted by Crippen LogP contribution is 2.30. The third-order valence-electron chi connectivity index (χ3n) is 4.44. The van der Waals surface area contributed by atoms with Gasteiger partial charge >= 0.3 is 0 Å². The van der Waals surface area contributed by atoms with Crippen LogP contribution in [0.3, 0.4) is 0 Å². The predicted molar refractivity (Wildman–Crippen MR) is 85.8 cm³/mol. The summed E-state index contributed by atoms with van der Waals surface area (Å²) in [6.07, 6.45) is 2.57. The van der Waals surface area contributed by atoms with Crippen LogP contribution < -0.4 is 4.74 Å². The average molecular weight is 349 g/mol. The number of amides is 1. The minimum atomic E-state index is -0.0549. The maximum atomic E-state index is 12.5. The first-order valence-electron chi connectivity index (χ1n) is 7.87. The van der Waals surface area contributed by atoms with Crippen molar-refractivity contribution < 1.29 is 14.3 Å². The number of carbonyl (C=O) groups excluding carboxylic acids is 1. The molecular weight excluding hydrogens is 332 g/mol. The van der Waals surface area contributed by atoms with Crippen molar-refractivity contribution >= 4 is 17.5 Å². The van der Waals surface area contributed by atoms with Crippen LogP contribution in [0.2, 0.25) is 5.02 Å². The van der Waals surface area contributed by atoms with Crippen LogP contribution in [0.15, 0.2) is 30.5 Å². The van der Waals surface area contributed by atoms with E-state index in [1.165, 1.54) is 0 Å². The number of aromatic nitrogens is 3. The second kappa shape index (κ2) is 6.41. The number of hydrogen-bond donors (Lipinski definition) is 0. The summed E-state index contributed by atoms with van der Waals surface area (Å²) < 4.78 is 13.3. The van der Waals surface area contributed by atoms with E-state index in [1.807, 2.05) is 4.68 Å². The number of hydrogen-bond acceptors (Lipinski definition) is 5. The number of nitrogens with zero attached hydrogens (tertiary/aromatic N) is 4. The average Bonchev–Trinajstić information content (AvgIpc) is 3.08. The van der Waals surface area contributed by atoms with Gasteiger partial charge in [-0.05, 0) is 24.6 Å². The summed E-state index contributed by atoms with van der Waals surface area (Å²) in [5.41, 5.74) is 0.945. The van der Waals surface area contributed by atoms with E-state index in [4.69, 9.17) is 21.1 Å². The van der Waals surface area contributed by atoms with Crippen LogP contribution in [0.5, 0.6) is 5.75 Å². The Labute approximate surface area is 144 Å². The molecule has 7 nitrogen and oxygen atoms in total. The molecule has 2 aliphatic rings. The zero-order valence-electron chi connectivity index (χ0n) is 13.0. The molecule has 1 amide bonds. The fraction of sp³-hybridized carbons (Fsp3) is 0.438. The van der Waals surface area contributed by atoms with E-state index < -0.39 is 0 Å². The zero-order chi connectivity index (χ0) is 16.5. The maximum Gasteiger partial charge on any atom is 0.260 e. The molecule has 1 aromatic carbocycles. The molecule has 0 aliphatic carbocycles. The number of carbonyl (C=O) groups is 1. The van der Waals surface area contributed by atoms with E-state index in [9.17, 15) is 4.79 Å². The van der Waals surface area contributed by atoms with Crippen molar-refractivity contribution in [3.63, 3.8) is 0 Å². The number of rotatable bonds is 3. The SMILES string of the molecule is O=C(COc1cccc(Cl)c1)N1CC[C@@H]2OCc3cnnn3[C@H]2C1. The van der Waals surface area contributed by atoms with Crippen LogP contribution in [-0.2, 0) is 16.1 Å². The van der Waals surface area contributed by atoms with Crippen molar-refractivity contribution in [2.75, 3.05) is 19.7 Å². The Kier molecular flexibility index (Phi) is 4.12. The van der Waals surface area contributed by atoms with E-state index in [0.29, 0.717) is 30.5 Å². The highest BCUT2D eigenvalue weighted by atomic mass is 35.5. The maximum absolute atomic E-state index is 12.5. The molecule has 0 N–H and O–H groups in total. The Balaban J connectivity index is 1.40. The molecule has 24 heavy (non-hydrogen) atoms. The molecule has 1 fully saturated rings. The molecule has 0 unspecified atom stereocenters. The monoisotopic (exact) mass is 348 g/mol. The minimum Gasteiger partial charge on any atom is -0.484 e. The van der Waals surface area contributed by atoms with Gasteiger partial charge in [-0.3, -0.25) is 4.79 Å². The van der Waals surface area contributed by atoms with Gasteiger partial charge in [0, 0.05) is 18.1 Å². The van der Waals surface area contributed by atoms with Gasteiger partial charge in [0.05, 0.1) is 30.6 Å². The topological polar surface area (TPSA) is 69.5 Å². The predicted octanol–water partition coefficient (Wildman–Crippen LogP) is 1.68. The number of halogens is 1. The van der Waals surface area contributed by atoms with Crippen molar-refractivity contribution in [3.05, 3.63) is 41.2 Å². The van der Waals surface area contributed by atoms with E-state index >= 15 is 0 Å². The smallest absolute Gasteiger partial charge is 0.260 e. The number of ether oxygens (including phenoxy) is 2. The van der Waals surface area contributed by atoms with Crippen LogP contribution in [0.1, 0.15) is 18.2 Å². The summed E-state index contributed by atoms with van der Waals surface area (Å²) in [7, 11) is 0. The molecule has 0 bridgehead atoms. The van der Waals surface area contributed by atoms with Gasteiger partial charge in [0.25, 0.3) is 5.91 Å². The zero-order valence-corrected chi connectivity index (χ0v) is 13.7. The molecule has 0 spiro atoms. The summed E-state index contributed by atoms with van der Waals surface area (Å²) in [6.45, 7) is 1.73.